The molecule has 1 fully saturated rings. The van der Waals surface area contributed by atoms with E-state index in [1.165, 1.54) is 28.6 Å². The highest BCUT2D eigenvalue weighted by molar-refractivity contribution is 7.10. The van der Waals surface area contributed by atoms with E-state index < -0.39 is 11.9 Å². The number of thiophene rings is 1. The van der Waals surface area contributed by atoms with E-state index in [4.69, 9.17) is 4.42 Å². The topological polar surface area (TPSA) is 62.6 Å². The second-order valence-corrected chi connectivity index (χ2v) is 9.16. The molecule has 0 aliphatic heterocycles. The van der Waals surface area contributed by atoms with Gasteiger partial charge >= 0.3 is 0 Å². The Kier molecular flexibility index (Phi) is 7.37. The second-order valence-electron chi connectivity index (χ2n) is 8.12. The molecule has 0 saturated heterocycles. The van der Waals surface area contributed by atoms with Gasteiger partial charge in [-0.15, -0.1) is 11.3 Å². The Labute approximate surface area is 191 Å². The SMILES string of the molecule is O=C(NC1CCCCC1)[C@@H](c1ccccc1F)N(Cc1ccco1)C(=O)Cc1cccs1. The number of carbonyl (C=O) groups is 2. The molecule has 3 aromatic rings. The average molecular weight is 455 g/mol. The molecule has 0 bridgehead atoms. The molecular formula is C25H27FN2O3S. The van der Waals surface area contributed by atoms with Crippen LogP contribution < -0.4 is 5.32 Å². The van der Waals surface area contributed by atoms with E-state index >= 15 is 0 Å². The predicted octanol–water partition coefficient (Wildman–Crippen LogP) is 5.24. The van der Waals surface area contributed by atoms with Crippen LogP contribution in [0.1, 0.15) is 54.3 Å². The van der Waals surface area contributed by atoms with Crippen LogP contribution in [0.2, 0.25) is 0 Å². The minimum Gasteiger partial charge on any atom is -0.467 e. The van der Waals surface area contributed by atoms with Crippen LogP contribution in [0.4, 0.5) is 4.39 Å². The zero-order chi connectivity index (χ0) is 22.3. The first-order valence-electron chi connectivity index (χ1n) is 11.0. The van der Waals surface area contributed by atoms with Gasteiger partial charge in [0.05, 0.1) is 19.2 Å². The summed E-state index contributed by atoms with van der Waals surface area (Å²) >= 11 is 1.48. The van der Waals surface area contributed by atoms with Crippen molar-refractivity contribution in [2.45, 2.75) is 57.2 Å². The summed E-state index contributed by atoms with van der Waals surface area (Å²) in [5, 5.41) is 5.00. The van der Waals surface area contributed by atoms with Crippen molar-refractivity contribution in [2.24, 2.45) is 0 Å². The van der Waals surface area contributed by atoms with Gasteiger partial charge in [-0.2, -0.15) is 0 Å². The largest absolute Gasteiger partial charge is 0.467 e. The van der Waals surface area contributed by atoms with Crippen LogP contribution in [0.15, 0.2) is 64.6 Å². The monoisotopic (exact) mass is 454 g/mol. The Balaban J connectivity index is 1.68. The van der Waals surface area contributed by atoms with E-state index in [0.717, 1.165) is 37.0 Å². The molecule has 1 atom stereocenters. The minimum absolute atomic E-state index is 0.0448. The van der Waals surface area contributed by atoms with E-state index in [1.807, 2.05) is 17.5 Å². The number of carbonyl (C=O) groups excluding carboxylic acids is 2. The molecule has 4 rings (SSSR count). The standard InChI is InChI=1S/C25H27FN2O3S/c26-22-13-5-4-12-21(22)24(25(30)27-18-8-2-1-3-9-18)28(17-19-10-6-14-31-19)23(29)16-20-11-7-15-32-20/h4-7,10-15,18,24H,1-3,8-9,16-17H2,(H,27,30)/t24-/m1/s1. The quantitative estimate of drug-likeness (QED) is 0.506. The van der Waals surface area contributed by atoms with Crippen molar-refractivity contribution in [3.8, 4) is 0 Å². The van der Waals surface area contributed by atoms with Crippen molar-refractivity contribution in [3.05, 3.63) is 82.2 Å². The molecule has 1 aliphatic carbocycles. The number of rotatable bonds is 8. The van der Waals surface area contributed by atoms with E-state index in [2.05, 4.69) is 5.32 Å². The molecule has 2 aromatic heterocycles. The number of benzene rings is 1. The fourth-order valence-corrected chi connectivity index (χ4v) is 4.93. The fraction of sp³-hybridized carbons (Fsp3) is 0.360. The highest BCUT2D eigenvalue weighted by Gasteiger charge is 2.35. The van der Waals surface area contributed by atoms with E-state index in [0.29, 0.717) is 5.76 Å². The minimum atomic E-state index is -1.09. The summed E-state index contributed by atoms with van der Waals surface area (Å²) in [6.07, 6.45) is 6.74. The highest BCUT2D eigenvalue weighted by atomic mass is 32.1. The van der Waals surface area contributed by atoms with Gasteiger partial charge in [0.1, 0.15) is 17.6 Å². The maximum absolute atomic E-state index is 14.9. The third-order valence-electron chi connectivity index (χ3n) is 5.84. The van der Waals surface area contributed by atoms with Crippen LogP contribution in [-0.4, -0.2) is 22.8 Å². The molecule has 32 heavy (non-hydrogen) atoms. The molecule has 0 spiro atoms. The highest BCUT2D eigenvalue weighted by Crippen LogP contribution is 2.28. The summed E-state index contributed by atoms with van der Waals surface area (Å²) in [6.45, 7) is 0.0777. The van der Waals surface area contributed by atoms with Crippen LogP contribution in [0.3, 0.4) is 0 Å². The van der Waals surface area contributed by atoms with Gasteiger partial charge in [-0.05, 0) is 42.5 Å². The lowest BCUT2D eigenvalue weighted by Crippen LogP contribution is -2.47. The zero-order valence-electron chi connectivity index (χ0n) is 17.8. The fourth-order valence-electron chi connectivity index (χ4n) is 4.23. The van der Waals surface area contributed by atoms with Gasteiger partial charge in [-0.1, -0.05) is 43.5 Å². The smallest absolute Gasteiger partial charge is 0.247 e. The second kappa shape index (κ2) is 10.6. The Hall–Kier alpha value is -2.93. The van der Waals surface area contributed by atoms with Gasteiger partial charge in [-0.3, -0.25) is 9.59 Å². The lowest BCUT2D eigenvalue weighted by atomic mass is 9.94. The van der Waals surface area contributed by atoms with Crippen LogP contribution in [0.25, 0.3) is 0 Å². The summed E-state index contributed by atoms with van der Waals surface area (Å²) in [5.74, 6) is -0.579. The van der Waals surface area contributed by atoms with Crippen molar-refractivity contribution < 1.29 is 18.4 Å². The molecule has 1 aromatic carbocycles. The number of nitrogens with one attached hydrogen (secondary N) is 1. The van der Waals surface area contributed by atoms with Crippen molar-refractivity contribution in [2.75, 3.05) is 0 Å². The van der Waals surface area contributed by atoms with Gasteiger partial charge in [0.2, 0.25) is 11.8 Å². The Bertz CT molecular complexity index is 1010. The van der Waals surface area contributed by atoms with Crippen LogP contribution >= 0.6 is 11.3 Å². The van der Waals surface area contributed by atoms with Crippen molar-refractivity contribution in [3.63, 3.8) is 0 Å². The van der Waals surface area contributed by atoms with Gasteiger partial charge in [0.15, 0.2) is 0 Å². The van der Waals surface area contributed by atoms with Crippen molar-refractivity contribution in [1.82, 2.24) is 10.2 Å². The molecular weight excluding hydrogens is 427 g/mol. The van der Waals surface area contributed by atoms with Gasteiger partial charge in [0.25, 0.3) is 0 Å². The van der Waals surface area contributed by atoms with E-state index in [9.17, 15) is 14.0 Å². The number of nitrogens with zero attached hydrogens (tertiary/aromatic N) is 1. The number of halogens is 1. The maximum atomic E-state index is 14.9. The Morgan fingerprint density at radius 2 is 1.91 bits per heavy atom. The third kappa shape index (κ3) is 5.46. The molecule has 2 heterocycles. The molecule has 168 valence electrons. The van der Waals surface area contributed by atoms with Crippen LogP contribution in [0.5, 0.6) is 0 Å². The summed E-state index contributed by atoms with van der Waals surface area (Å²) in [4.78, 5) is 29.3. The molecule has 2 amide bonds. The Morgan fingerprint density at radius 3 is 2.59 bits per heavy atom. The maximum Gasteiger partial charge on any atom is 0.247 e. The summed E-state index contributed by atoms with van der Waals surface area (Å²) in [7, 11) is 0. The number of furan rings is 1. The molecule has 1 N–H and O–H groups in total. The van der Waals surface area contributed by atoms with Gasteiger partial charge in [-0.25, -0.2) is 4.39 Å². The number of amides is 2. The predicted molar refractivity (Wildman–Crippen MR) is 121 cm³/mol. The van der Waals surface area contributed by atoms with Crippen LogP contribution in [0, 0.1) is 5.82 Å². The molecule has 7 heteroatoms. The lowest BCUT2D eigenvalue weighted by Gasteiger charge is -2.33. The van der Waals surface area contributed by atoms with Crippen LogP contribution in [-0.2, 0) is 22.6 Å². The number of hydrogen-bond donors (Lipinski definition) is 1. The summed E-state index contributed by atoms with van der Waals surface area (Å²) < 4.78 is 20.4. The van der Waals surface area contributed by atoms with Crippen molar-refractivity contribution in [1.29, 1.82) is 0 Å². The first-order valence-corrected chi connectivity index (χ1v) is 11.9. The molecule has 0 radical (unpaired) electrons. The van der Waals surface area contributed by atoms with E-state index in [-0.39, 0.29) is 36.4 Å². The van der Waals surface area contributed by atoms with Crippen molar-refractivity contribution >= 4 is 23.2 Å². The summed E-state index contributed by atoms with van der Waals surface area (Å²) in [6, 6.07) is 12.4. The average Bonchev–Trinajstić information content (AvgIpc) is 3.49. The number of hydrogen-bond acceptors (Lipinski definition) is 4. The molecule has 1 aliphatic rings. The molecule has 0 unspecified atom stereocenters. The van der Waals surface area contributed by atoms with Gasteiger partial charge in [0, 0.05) is 16.5 Å². The van der Waals surface area contributed by atoms with E-state index in [1.54, 1.807) is 30.3 Å². The normalized spacial score (nSPS) is 15.3. The zero-order valence-corrected chi connectivity index (χ0v) is 18.7. The summed E-state index contributed by atoms with van der Waals surface area (Å²) in [5.41, 5.74) is 0.187. The first kappa shape index (κ1) is 22.3. The molecule has 5 nitrogen and oxygen atoms in total. The lowest BCUT2D eigenvalue weighted by molar-refractivity contribution is -0.141. The molecule has 1 saturated carbocycles. The first-order chi connectivity index (χ1) is 15.6. The Morgan fingerprint density at radius 1 is 1.09 bits per heavy atom. The van der Waals surface area contributed by atoms with Gasteiger partial charge < -0.3 is 14.6 Å². The third-order valence-corrected chi connectivity index (χ3v) is 6.72.